The van der Waals surface area contributed by atoms with Gasteiger partial charge < -0.3 is 17.3 Å². The molecule has 0 saturated carbocycles. The van der Waals surface area contributed by atoms with E-state index in [0.29, 0.717) is 31.4 Å². The summed E-state index contributed by atoms with van der Waals surface area (Å²) in [5.41, 5.74) is 0. The van der Waals surface area contributed by atoms with Crippen molar-refractivity contribution in [1.29, 1.82) is 10.5 Å². The molecule has 0 radical (unpaired) electrons. The second-order valence-corrected chi connectivity index (χ2v) is 4.15. The molecule has 7 heteroatoms. The van der Waals surface area contributed by atoms with Crippen LogP contribution in [0, 0.1) is 22.7 Å². The lowest BCUT2D eigenvalue weighted by molar-refractivity contribution is -0.889. The van der Waals surface area contributed by atoms with Gasteiger partial charge in [0.1, 0.15) is 6.07 Å². The van der Waals surface area contributed by atoms with Gasteiger partial charge in [0.25, 0.3) is 0 Å². The Morgan fingerprint density at radius 2 is 1.71 bits per heavy atom. The summed E-state index contributed by atoms with van der Waals surface area (Å²) in [4.78, 5) is 3.13. The van der Waals surface area contributed by atoms with E-state index in [2.05, 4.69) is 12.1 Å². The van der Waals surface area contributed by atoms with Gasteiger partial charge in [-0.3, -0.25) is 4.90 Å². The number of quaternary nitrogens is 1. The third-order valence-electron chi connectivity index (χ3n) is 2.25. The van der Waals surface area contributed by atoms with Crippen LogP contribution in [0.4, 0.5) is 0 Å². The Balaban J connectivity index is 0. The third-order valence-corrected chi connectivity index (χ3v) is 2.61. The summed E-state index contributed by atoms with van der Waals surface area (Å²) in [6.45, 7) is 3.90. The molecule has 1 N–H and O–H groups in total. The molecule has 0 bridgehead atoms. The van der Waals surface area contributed by atoms with Gasteiger partial charge in [0.15, 0.2) is 6.54 Å². The number of alkyl halides is 2. The summed E-state index contributed by atoms with van der Waals surface area (Å²) in [5.74, 6) is 1.07. The highest BCUT2D eigenvalue weighted by molar-refractivity contribution is 6.18. The molecule has 1 unspecified atom stereocenters. The van der Waals surface area contributed by atoms with Gasteiger partial charge in [0.05, 0.1) is 31.6 Å². The second-order valence-electron chi connectivity index (χ2n) is 3.40. The van der Waals surface area contributed by atoms with Crippen LogP contribution in [0.2, 0.25) is 0 Å². The molecular weight excluding hydrogens is 282 g/mol. The first-order valence-electron chi connectivity index (χ1n) is 5.20. The number of halogens is 3. The lowest BCUT2D eigenvalue weighted by atomic mass is 10.4. The van der Waals surface area contributed by atoms with Gasteiger partial charge in [-0.05, 0) is 0 Å². The van der Waals surface area contributed by atoms with E-state index >= 15 is 0 Å². The Bertz CT molecular complexity index is 223. The molecule has 17 heavy (non-hydrogen) atoms. The molecule has 0 aromatic carbocycles. The smallest absolute Gasteiger partial charge is 0.165 e. The van der Waals surface area contributed by atoms with Crippen LogP contribution in [-0.2, 0) is 0 Å². The van der Waals surface area contributed by atoms with Crippen molar-refractivity contribution in [2.45, 2.75) is 0 Å². The summed E-state index contributed by atoms with van der Waals surface area (Å²) in [6, 6.07) is 4.24. The van der Waals surface area contributed by atoms with Crippen LogP contribution in [0.1, 0.15) is 0 Å². The highest BCUT2D eigenvalue weighted by Crippen LogP contribution is 1.87. The van der Waals surface area contributed by atoms with Gasteiger partial charge in [-0.15, -0.1) is 23.2 Å². The topological polar surface area (TPSA) is 55.3 Å². The Morgan fingerprint density at radius 3 is 2.18 bits per heavy atom. The summed E-state index contributed by atoms with van der Waals surface area (Å²) in [5, 5.41) is 17.3. The van der Waals surface area contributed by atoms with Crippen molar-refractivity contribution in [2.24, 2.45) is 0 Å². The first-order chi connectivity index (χ1) is 7.78. The van der Waals surface area contributed by atoms with Crippen molar-refractivity contribution in [3.8, 4) is 12.1 Å². The lowest BCUT2D eigenvalue weighted by Crippen LogP contribution is -3.13. The normalized spacial score (nSPS) is 11.4. The van der Waals surface area contributed by atoms with Gasteiger partial charge in [-0.2, -0.15) is 10.5 Å². The molecular formula is C10H17Cl3N4. The zero-order valence-electron chi connectivity index (χ0n) is 9.63. The van der Waals surface area contributed by atoms with Crippen LogP contribution in [0.25, 0.3) is 0 Å². The molecule has 0 aromatic rings. The fourth-order valence-corrected chi connectivity index (χ4v) is 1.86. The van der Waals surface area contributed by atoms with Crippen LogP contribution in [0.5, 0.6) is 0 Å². The molecule has 1 atom stereocenters. The lowest BCUT2D eigenvalue weighted by Gasteiger charge is -2.21. The average Bonchev–Trinajstić information content (AvgIpc) is 2.27. The Morgan fingerprint density at radius 1 is 1.00 bits per heavy atom. The highest BCUT2D eigenvalue weighted by atomic mass is 35.5. The molecule has 0 aliphatic carbocycles. The molecule has 0 fully saturated rings. The molecule has 4 nitrogen and oxygen atoms in total. The Hall–Kier alpha value is -0.230. The predicted molar refractivity (Wildman–Crippen MR) is 64.7 cm³/mol. The van der Waals surface area contributed by atoms with Crippen LogP contribution in [0.3, 0.4) is 0 Å². The van der Waals surface area contributed by atoms with Gasteiger partial charge in [0, 0.05) is 19.0 Å². The first-order valence-corrected chi connectivity index (χ1v) is 6.27. The van der Waals surface area contributed by atoms with E-state index in [9.17, 15) is 0 Å². The van der Waals surface area contributed by atoms with Crippen molar-refractivity contribution in [1.82, 2.24) is 4.90 Å². The quantitative estimate of drug-likeness (QED) is 0.359. The fourth-order valence-electron chi connectivity index (χ4n) is 1.35. The van der Waals surface area contributed by atoms with Gasteiger partial charge in [-0.1, -0.05) is 0 Å². The summed E-state index contributed by atoms with van der Waals surface area (Å²) >= 11 is 11.3. The first kappa shape index (κ1) is 19.1. The van der Waals surface area contributed by atoms with E-state index in [4.69, 9.17) is 33.7 Å². The van der Waals surface area contributed by atoms with Gasteiger partial charge in [0.2, 0.25) is 0 Å². The minimum Gasteiger partial charge on any atom is -1.00 e. The maximum absolute atomic E-state index is 8.63. The number of nitrogens with one attached hydrogen (secondary N) is 1. The molecule has 0 aliphatic rings. The second kappa shape index (κ2) is 13.8. The van der Waals surface area contributed by atoms with E-state index in [1.165, 1.54) is 0 Å². The number of nitrogens with zero attached hydrogens (tertiary/aromatic N) is 3. The van der Waals surface area contributed by atoms with E-state index in [-0.39, 0.29) is 12.4 Å². The number of rotatable bonds is 9. The summed E-state index contributed by atoms with van der Waals surface area (Å²) < 4.78 is 0. The van der Waals surface area contributed by atoms with Crippen molar-refractivity contribution < 1.29 is 17.3 Å². The molecule has 0 aromatic heterocycles. The monoisotopic (exact) mass is 298 g/mol. The number of nitriles is 2. The van der Waals surface area contributed by atoms with E-state index < -0.39 is 0 Å². The van der Waals surface area contributed by atoms with Crippen molar-refractivity contribution in [3.63, 3.8) is 0 Å². The molecule has 0 rings (SSSR count). The zero-order chi connectivity index (χ0) is 12.2. The van der Waals surface area contributed by atoms with Crippen LogP contribution >= 0.6 is 23.2 Å². The summed E-state index contributed by atoms with van der Waals surface area (Å²) in [6.07, 6.45) is 0. The molecule has 0 amide bonds. The van der Waals surface area contributed by atoms with Crippen molar-refractivity contribution in [3.05, 3.63) is 0 Å². The van der Waals surface area contributed by atoms with E-state index in [0.717, 1.165) is 24.5 Å². The molecule has 0 spiro atoms. The van der Waals surface area contributed by atoms with E-state index in [1.807, 2.05) is 4.90 Å². The Labute approximate surface area is 119 Å². The standard InChI is InChI=1S/C10H16Cl2N4.ClH/c11-1-5-15(7-3-13)9-10-16(6-2-12)8-4-14;/h1-2,5-10H2;1H. The van der Waals surface area contributed by atoms with E-state index in [1.54, 1.807) is 0 Å². The van der Waals surface area contributed by atoms with Gasteiger partial charge >= 0.3 is 0 Å². The Kier molecular flexibility index (Phi) is 15.6. The molecule has 0 aliphatic heterocycles. The maximum Gasteiger partial charge on any atom is 0.165 e. The minimum absolute atomic E-state index is 0. The van der Waals surface area contributed by atoms with Crippen LogP contribution in [0.15, 0.2) is 0 Å². The van der Waals surface area contributed by atoms with Crippen molar-refractivity contribution >= 4 is 23.2 Å². The SMILES string of the molecule is N#CCN(CCCl)CC[NH+](CC#N)CCCl.[Cl-]. The van der Waals surface area contributed by atoms with Crippen LogP contribution in [-0.4, -0.2) is 55.9 Å². The molecule has 0 saturated heterocycles. The third kappa shape index (κ3) is 10.6. The van der Waals surface area contributed by atoms with Gasteiger partial charge in [-0.25, -0.2) is 0 Å². The number of hydrogen-bond donors (Lipinski definition) is 1. The fraction of sp³-hybridized carbons (Fsp3) is 0.800. The number of hydrogen-bond acceptors (Lipinski definition) is 3. The molecule has 0 heterocycles. The predicted octanol–water partition coefficient (Wildman–Crippen LogP) is -3.30. The summed E-state index contributed by atoms with van der Waals surface area (Å²) in [7, 11) is 0. The van der Waals surface area contributed by atoms with Crippen LogP contribution < -0.4 is 17.3 Å². The minimum atomic E-state index is 0. The molecule has 98 valence electrons. The zero-order valence-corrected chi connectivity index (χ0v) is 11.9. The average molecular weight is 300 g/mol. The largest absolute Gasteiger partial charge is 1.00 e. The maximum atomic E-state index is 8.63. The highest BCUT2D eigenvalue weighted by Gasteiger charge is 2.10. The van der Waals surface area contributed by atoms with Crippen molar-refractivity contribution in [2.75, 3.05) is 51.0 Å².